The predicted octanol–water partition coefficient (Wildman–Crippen LogP) is 1.10. The fourth-order valence-corrected chi connectivity index (χ4v) is 1.52. The quantitative estimate of drug-likeness (QED) is 0.594. The van der Waals surface area contributed by atoms with Crippen molar-refractivity contribution in [1.82, 2.24) is 5.32 Å². The summed E-state index contributed by atoms with van der Waals surface area (Å²) in [5, 5.41) is 22.3. The average Bonchev–Trinajstić information content (AvgIpc) is 2.38. The molecule has 0 aliphatic carbocycles. The Hall–Kier alpha value is -2.15. The van der Waals surface area contributed by atoms with Crippen LogP contribution in [0.4, 0.5) is 5.69 Å². The first-order valence-electron chi connectivity index (χ1n) is 5.83. The van der Waals surface area contributed by atoms with Crippen molar-refractivity contribution in [3.8, 4) is 5.75 Å². The van der Waals surface area contributed by atoms with Crippen molar-refractivity contribution in [3.63, 3.8) is 0 Å². The third-order valence-electron chi connectivity index (χ3n) is 2.38. The standard InChI is InChI=1S/C12H16N2O5/c1-3-19-10-6-4-5-9(14(17)18)11(10)12(16)13-8(2)7-15/h4-6,8,15H,3,7H2,1-2H3,(H,13,16)/t8-/m0/s1. The molecular formula is C12H16N2O5. The first kappa shape index (κ1) is 14.9. The smallest absolute Gasteiger partial charge is 0.285 e. The molecule has 0 aliphatic heterocycles. The zero-order valence-corrected chi connectivity index (χ0v) is 10.8. The molecule has 7 nitrogen and oxygen atoms in total. The van der Waals surface area contributed by atoms with Crippen molar-refractivity contribution in [2.75, 3.05) is 13.2 Å². The van der Waals surface area contributed by atoms with Gasteiger partial charge in [0.25, 0.3) is 11.6 Å². The lowest BCUT2D eigenvalue weighted by molar-refractivity contribution is -0.385. The van der Waals surface area contributed by atoms with Crippen LogP contribution in [0.15, 0.2) is 18.2 Å². The molecule has 0 radical (unpaired) electrons. The number of rotatable bonds is 6. The van der Waals surface area contributed by atoms with Crippen molar-refractivity contribution in [1.29, 1.82) is 0 Å². The Balaban J connectivity index is 3.20. The van der Waals surface area contributed by atoms with Crippen LogP contribution in [0.2, 0.25) is 0 Å². The van der Waals surface area contributed by atoms with E-state index in [1.54, 1.807) is 13.8 Å². The maximum atomic E-state index is 12.0. The summed E-state index contributed by atoms with van der Waals surface area (Å²) >= 11 is 0. The van der Waals surface area contributed by atoms with Gasteiger partial charge in [0.05, 0.1) is 18.1 Å². The van der Waals surface area contributed by atoms with Gasteiger partial charge in [0.1, 0.15) is 5.75 Å². The highest BCUT2D eigenvalue weighted by molar-refractivity contribution is 6.01. The summed E-state index contributed by atoms with van der Waals surface area (Å²) in [4.78, 5) is 22.3. The van der Waals surface area contributed by atoms with Crippen LogP contribution in [0.3, 0.4) is 0 Å². The lowest BCUT2D eigenvalue weighted by Gasteiger charge is -2.13. The molecule has 0 spiro atoms. The van der Waals surface area contributed by atoms with E-state index in [0.717, 1.165) is 0 Å². The van der Waals surface area contributed by atoms with E-state index in [1.165, 1.54) is 18.2 Å². The Morgan fingerprint density at radius 3 is 2.79 bits per heavy atom. The van der Waals surface area contributed by atoms with E-state index in [0.29, 0.717) is 0 Å². The molecule has 0 saturated heterocycles. The van der Waals surface area contributed by atoms with Crippen molar-refractivity contribution < 1.29 is 19.6 Å². The highest BCUT2D eigenvalue weighted by Crippen LogP contribution is 2.28. The number of benzene rings is 1. The van der Waals surface area contributed by atoms with Gasteiger partial charge >= 0.3 is 0 Å². The third-order valence-corrected chi connectivity index (χ3v) is 2.38. The predicted molar refractivity (Wildman–Crippen MR) is 68.3 cm³/mol. The van der Waals surface area contributed by atoms with E-state index in [-0.39, 0.29) is 30.2 Å². The summed E-state index contributed by atoms with van der Waals surface area (Å²) in [6.07, 6.45) is 0. The SMILES string of the molecule is CCOc1cccc([N+](=O)[O-])c1C(=O)N[C@@H](C)CO. The molecule has 1 aromatic carbocycles. The Morgan fingerprint density at radius 1 is 1.58 bits per heavy atom. The molecule has 1 aromatic rings. The van der Waals surface area contributed by atoms with Gasteiger partial charge < -0.3 is 15.2 Å². The molecule has 0 unspecified atom stereocenters. The molecule has 0 aromatic heterocycles. The zero-order chi connectivity index (χ0) is 14.4. The molecule has 1 amide bonds. The van der Waals surface area contributed by atoms with E-state index < -0.39 is 16.9 Å². The van der Waals surface area contributed by atoms with Crippen molar-refractivity contribution in [2.24, 2.45) is 0 Å². The Labute approximate surface area is 110 Å². The molecule has 7 heteroatoms. The van der Waals surface area contributed by atoms with Crippen LogP contribution in [0.5, 0.6) is 5.75 Å². The molecule has 1 atom stereocenters. The molecule has 104 valence electrons. The fraction of sp³-hybridized carbons (Fsp3) is 0.417. The third kappa shape index (κ3) is 3.65. The number of aliphatic hydroxyl groups is 1. The second-order valence-corrected chi connectivity index (χ2v) is 3.90. The Kier molecular flexibility index (Phi) is 5.25. The monoisotopic (exact) mass is 268 g/mol. The van der Waals surface area contributed by atoms with Crippen molar-refractivity contribution >= 4 is 11.6 Å². The minimum absolute atomic E-state index is 0.130. The minimum Gasteiger partial charge on any atom is -0.493 e. The lowest BCUT2D eigenvalue weighted by atomic mass is 10.1. The molecule has 2 N–H and O–H groups in total. The van der Waals surface area contributed by atoms with Crippen molar-refractivity contribution in [3.05, 3.63) is 33.9 Å². The lowest BCUT2D eigenvalue weighted by Crippen LogP contribution is -2.35. The molecule has 0 aliphatic rings. The molecule has 19 heavy (non-hydrogen) atoms. The van der Waals surface area contributed by atoms with E-state index in [2.05, 4.69) is 5.32 Å². The number of carbonyl (C=O) groups excluding carboxylic acids is 1. The van der Waals surface area contributed by atoms with Gasteiger partial charge in [0.15, 0.2) is 5.56 Å². The second kappa shape index (κ2) is 6.69. The largest absolute Gasteiger partial charge is 0.493 e. The number of nitro groups is 1. The summed E-state index contributed by atoms with van der Waals surface area (Å²) in [6.45, 7) is 3.34. The van der Waals surface area contributed by atoms with Crippen molar-refractivity contribution in [2.45, 2.75) is 19.9 Å². The van der Waals surface area contributed by atoms with E-state index in [4.69, 9.17) is 9.84 Å². The van der Waals surface area contributed by atoms with Crippen LogP contribution in [0, 0.1) is 10.1 Å². The number of hydrogen-bond donors (Lipinski definition) is 2. The van der Waals surface area contributed by atoms with Gasteiger partial charge in [-0.15, -0.1) is 0 Å². The van der Waals surface area contributed by atoms with Crippen LogP contribution in [0.25, 0.3) is 0 Å². The number of carbonyl (C=O) groups is 1. The molecule has 1 rings (SSSR count). The first-order chi connectivity index (χ1) is 9.01. The van der Waals surface area contributed by atoms with Crippen LogP contribution in [0.1, 0.15) is 24.2 Å². The number of aliphatic hydroxyl groups excluding tert-OH is 1. The highest BCUT2D eigenvalue weighted by Gasteiger charge is 2.25. The zero-order valence-electron chi connectivity index (χ0n) is 10.8. The van der Waals surface area contributed by atoms with Gasteiger partial charge in [-0.05, 0) is 19.9 Å². The van der Waals surface area contributed by atoms with Gasteiger partial charge in [-0.1, -0.05) is 6.07 Å². The number of nitro benzene ring substituents is 1. The summed E-state index contributed by atoms with van der Waals surface area (Å²) in [5.74, 6) is -0.489. The van der Waals surface area contributed by atoms with Gasteiger partial charge in [0.2, 0.25) is 0 Å². The Bertz CT molecular complexity index is 475. The second-order valence-electron chi connectivity index (χ2n) is 3.90. The van der Waals surface area contributed by atoms with Crippen LogP contribution < -0.4 is 10.1 Å². The van der Waals surface area contributed by atoms with Gasteiger partial charge in [-0.25, -0.2) is 0 Å². The molecule has 0 bridgehead atoms. The normalized spacial score (nSPS) is 11.7. The maximum absolute atomic E-state index is 12.0. The van der Waals surface area contributed by atoms with E-state index >= 15 is 0 Å². The summed E-state index contributed by atoms with van der Waals surface area (Å²) in [6, 6.07) is 3.69. The van der Waals surface area contributed by atoms with Gasteiger partial charge in [-0.2, -0.15) is 0 Å². The number of amides is 1. The minimum atomic E-state index is -0.641. The summed E-state index contributed by atoms with van der Waals surface area (Å²) in [7, 11) is 0. The summed E-state index contributed by atoms with van der Waals surface area (Å²) < 4.78 is 5.24. The Morgan fingerprint density at radius 2 is 2.26 bits per heavy atom. The van der Waals surface area contributed by atoms with Crippen LogP contribution in [-0.2, 0) is 0 Å². The van der Waals surface area contributed by atoms with Gasteiger partial charge in [-0.3, -0.25) is 14.9 Å². The molecular weight excluding hydrogens is 252 g/mol. The van der Waals surface area contributed by atoms with E-state index in [1.807, 2.05) is 0 Å². The summed E-state index contributed by atoms with van der Waals surface area (Å²) in [5.41, 5.74) is -0.455. The number of nitrogens with zero attached hydrogens (tertiary/aromatic N) is 1. The molecule has 0 fully saturated rings. The fourth-order valence-electron chi connectivity index (χ4n) is 1.52. The number of hydrogen-bond acceptors (Lipinski definition) is 5. The first-order valence-corrected chi connectivity index (χ1v) is 5.83. The van der Waals surface area contributed by atoms with E-state index in [9.17, 15) is 14.9 Å². The molecule has 0 saturated carbocycles. The van der Waals surface area contributed by atoms with Crippen LogP contribution in [-0.4, -0.2) is 35.2 Å². The topological polar surface area (TPSA) is 102 Å². The molecule has 0 heterocycles. The van der Waals surface area contributed by atoms with Crippen LogP contribution >= 0.6 is 0 Å². The maximum Gasteiger partial charge on any atom is 0.285 e. The van der Waals surface area contributed by atoms with Gasteiger partial charge in [0, 0.05) is 12.1 Å². The average molecular weight is 268 g/mol. The number of nitrogens with one attached hydrogen (secondary N) is 1. The highest BCUT2D eigenvalue weighted by atomic mass is 16.6. The number of ether oxygens (including phenoxy) is 1.